The second kappa shape index (κ2) is 15.3. The SMILES string of the molecule is C=CCC(=O)[C@H](COCOCc1ccc(OC)cc1)[C@@H](CC=C)O[Si](C(C)C)(C(C)C)C(C)C. The second-order valence-corrected chi connectivity index (χ2v) is 15.2. The molecule has 5 nitrogen and oxygen atoms in total. The highest BCUT2D eigenvalue weighted by atomic mass is 28.4. The lowest BCUT2D eigenvalue weighted by atomic mass is 9.94. The van der Waals surface area contributed by atoms with Gasteiger partial charge in [0.25, 0.3) is 0 Å². The molecule has 0 heterocycles. The Kier molecular flexibility index (Phi) is 13.6. The maximum atomic E-state index is 13.1. The molecular formula is C28H46O5Si. The molecule has 6 heteroatoms. The fourth-order valence-corrected chi connectivity index (χ4v) is 10.5. The molecule has 0 aliphatic carbocycles. The van der Waals surface area contributed by atoms with Gasteiger partial charge in [0.1, 0.15) is 18.3 Å². The van der Waals surface area contributed by atoms with Crippen molar-refractivity contribution >= 4 is 14.1 Å². The van der Waals surface area contributed by atoms with Crippen LogP contribution in [0.3, 0.4) is 0 Å². The molecule has 1 aromatic rings. The van der Waals surface area contributed by atoms with E-state index in [-0.39, 0.29) is 31.7 Å². The van der Waals surface area contributed by atoms with Gasteiger partial charge in [-0.3, -0.25) is 4.79 Å². The van der Waals surface area contributed by atoms with Crippen molar-refractivity contribution < 1.29 is 23.4 Å². The smallest absolute Gasteiger partial charge is 0.200 e. The summed E-state index contributed by atoms with van der Waals surface area (Å²) in [6, 6.07) is 7.71. The molecule has 0 bridgehead atoms. The first-order valence-corrected chi connectivity index (χ1v) is 14.5. The van der Waals surface area contributed by atoms with Gasteiger partial charge in [-0.2, -0.15) is 0 Å². The Morgan fingerprint density at radius 2 is 1.53 bits per heavy atom. The number of hydrogen-bond acceptors (Lipinski definition) is 5. The van der Waals surface area contributed by atoms with E-state index in [4.69, 9.17) is 18.6 Å². The number of ether oxygens (including phenoxy) is 3. The van der Waals surface area contributed by atoms with Crippen molar-refractivity contribution in [2.24, 2.45) is 5.92 Å². The lowest BCUT2D eigenvalue weighted by Crippen LogP contribution is -2.52. The zero-order chi connectivity index (χ0) is 25.7. The molecule has 0 aliphatic heterocycles. The highest BCUT2D eigenvalue weighted by molar-refractivity contribution is 6.77. The molecule has 0 aromatic heterocycles. The number of Topliss-reactive ketones (excluding diaryl/α,β-unsaturated/α-hetero) is 1. The van der Waals surface area contributed by atoms with Crippen molar-refractivity contribution in [1.29, 1.82) is 0 Å². The molecule has 0 fully saturated rings. The predicted octanol–water partition coefficient (Wildman–Crippen LogP) is 7.08. The van der Waals surface area contributed by atoms with Gasteiger partial charge in [-0.05, 0) is 40.7 Å². The minimum atomic E-state index is -2.19. The summed E-state index contributed by atoms with van der Waals surface area (Å²) in [7, 11) is -0.547. The Balaban J connectivity index is 2.92. The van der Waals surface area contributed by atoms with Crippen molar-refractivity contribution in [3.63, 3.8) is 0 Å². The lowest BCUT2D eigenvalue weighted by Gasteiger charge is -2.46. The van der Waals surface area contributed by atoms with E-state index in [2.05, 4.69) is 54.7 Å². The van der Waals surface area contributed by atoms with Crippen LogP contribution in [0.5, 0.6) is 5.75 Å². The molecule has 0 amide bonds. The van der Waals surface area contributed by atoms with Crippen LogP contribution >= 0.6 is 0 Å². The van der Waals surface area contributed by atoms with Gasteiger partial charge in [-0.15, -0.1) is 13.2 Å². The number of benzene rings is 1. The summed E-state index contributed by atoms with van der Waals surface area (Å²) in [4.78, 5) is 13.1. The van der Waals surface area contributed by atoms with Gasteiger partial charge in [0, 0.05) is 6.42 Å². The monoisotopic (exact) mass is 490 g/mol. The van der Waals surface area contributed by atoms with Crippen LogP contribution in [0.4, 0.5) is 0 Å². The molecule has 0 radical (unpaired) electrons. The molecule has 34 heavy (non-hydrogen) atoms. The van der Waals surface area contributed by atoms with E-state index in [0.29, 0.717) is 29.7 Å². The Morgan fingerprint density at radius 3 is 2.00 bits per heavy atom. The van der Waals surface area contributed by atoms with E-state index in [9.17, 15) is 4.79 Å². The summed E-state index contributed by atoms with van der Waals surface area (Å²) < 4.78 is 23.7. The number of hydrogen-bond donors (Lipinski definition) is 0. The molecule has 2 atom stereocenters. The van der Waals surface area contributed by atoms with E-state index in [1.54, 1.807) is 13.2 Å². The normalized spacial score (nSPS) is 13.8. The summed E-state index contributed by atoms with van der Waals surface area (Å²) in [5, 5.41) is 0. The van der Waals surface area contributed by atoms with Crippen LogP contribution in [-0.2, 0) is 25.3 Å². The van der Waals surface area contributed by atoms with Crippen LogP contribution in [0, 0.1) is 5.92 Å². The first-order chi connectivity index (χ1) is 16.1. The Bertz CT molecular complexity index is 720. The Labute approximate surface area is 208 Å². The number of rotatable bonds is 18. The van der Waals surface area contributed by atoms with Gasteiger partial charge in [0.05, 0.1) is 32.3 Å². The lowest BCUT2D eigenvalue weighted by molar-refractivity contribution is -0.132. The number of carbonyl (C=O) groups excluding carboxylic acids is 1. The zero-order valence-corrected chi connectivity index (χ0v) is 23.3. The minimum Gasteiger partial charge on any atom is -0.497 e. The fraction of sp³-hybridized carbons (Fsp3) is 0.607. The first-order valence-electron chi connectivity index (χ1n) is 12.3. The van der Waals surface area contributed by atoms with Crippen LogP contribution in [0.2, 0.25) is 16.6 Å². The van der Waals surface area contributed by atoms with Gasteiger partial charge < -0.3 is 18.6 Å². The Hall–Kier alpha value is -1.73. The van der Waals surface area contributed by atoms with Crippen molar-refractivity contribution in [2.75, 3.05) is 20.5 Å². The number of carbonyl (C=O) groups is 1. The van der Waals surface area contributed by atoms with E-state index < -0.39 is 14.2 Å². The van der Waals surface area contributed by atoms with Gasteiger partial charge in [-0.1, -0.05) is 65.8 Å². The van der Waals surface area contributed by atoms with Crippen LogP contribution in [0.25, 0.3) is 0 Å². The topological polar surface area (TPSA) is 54.0 Å². The first kappa shape index (κ1) is 30.3. The van der Waals surface area contributed by atoms with E-state index in [0.717, 1.165) is 11.3 Å². The highest BCUT2D eigenvalue weighted by Gasteiger charge is 2.48. The van der Waals surface area contributed by atoms with Crippen molar-refractivity contribution in [1.82, 2.24) is 0 Å². The molecule has 0 N–H and O–H groups in total. The third-order valence-electron chi connectivity index (χ3n) is 6.56. The van der Waals surface area contributed by atoms with Crippen molar-refractivity contribution in [3.05, 3.63) is 55.1 Å². The molecule has 1 rings (SSSR count). The molecule has 0 aliphatic rings. The molecule has 0 saturated heterocycles. The number of ketones is 1. The van der Waals surface area contributed by atoms with E-state index in [1.165, 1.54) is 0 Å². The maximum Gasteiger partial charge on any atom is 0.200 e. The fourth-order valence-electron chi connectivity index (χ4n) is 4.95. The van der Waals surface area contributed by atoms with Crippen molar-refractivity contribution in [3.8, 4) is 5.75 Å². The zero-order valence-electron chi connectivity index (χ0n) is 22.3. The van der Waals surface area contributed by atoms with Gasteiger partial charge >= 0.3 is 0 Å². The summed E-state index contributed by atoms with van der Waals surface area (Å²) in [5.74, 6) is 0.487. The molecule has 0 spiro atoms. The predicted molar refractivity (Wildman–Crippen MR) is 143 cm³/mol. The van der Waals surface area contributed by atoms with Crippen molar-refractivity contribution in [2.45, 2.75) is 83.7 Å². The summed E-state index contributed by atoms with van der Waals surface area (Å²) in [6.07, 6.45) is 4.12. The molecule has 192 valence electrons. The highest BCUT2D eigenvalue weighted by Crippen LogP contribution is 2.44. The van der Waals surface area contributed by atoms with Gasteiger partial charge in [0.2, 0.25) is 8.32 Å². The number of methoxy groups -OCH3 is 1. The molecule has 0 saturated carbocycles. The van der Waals surface area contributed by atoms with Crippen LogP contribution in [-0.4, -0.2) is 40.7 Å². The molecule has 0 unspecified atom stereocenters. The minimum absolute atomic E-state index is 0.0798. The van der Waals surface area contributed by atoms with E-state index in [1.807, 2.05) is 30.3 Å². The second-order valence-electron chi connectivity index (χ2n) is 9.75. The summed E-state index contributed by atoms with van der Waals surface area (Å²) >= 11 is 0. The maximum absolute atomic E-state index is 13.1. The average molecular weight is 491 g/mol. The molecule has 1 aromatic carbocycles. The van der Waals surface area contributed by atoms with Gasteiger partial charge in [0.15, 0.2) is 0 Å². The standard InChI is InChI=1S/C28H46O5Si/c1-10-12-27(29)26(19-32-20-31-18-24-14-16-25(30-9)17-15-24)28(13-11-2)33-34(21(3)4,22(5)6)23(7)8/h10-11,14-17,21-23,26,28H,1-2,12-13,18-20H2,3-9H3/t26-,28+/m0/s1. The quantitative estimate of drug-likeness (QED) is 0.0952. The third kappa shape index (κ3) is 8.49. The van der Waals surface area contributed by atoms with Gasteiger partial charge in [-0.25, -0.2) is 0 Å². The Morgan fingerprint density at radius 1 is 0.941 bits per heavy atom. The van der Waals surface area contributed by atoms with Crippen LogP contribution < -0.4 is 4.74 Å². The molecular weight excluding hydrogens is 444 g/mol. The summed E-state index contributed by atoms with van der Waals surface area (Å²) in [5.41, 5.74) is 2.29. The van der Waals surface area contributed by atoms with Crippen LogP contribution in [0.1, 0.15) is 59.9 Å². The average Bonchev–Trinajstić information content (AvgIpc) is 2.79. The largest absolute Gasteiger partial charge is 0.497 e. The van der Waals surface area contributed by atoms with E-state index >= 15 is 0 Å². The summed E-state index contributed by atoms with van der Waals surface area (Å²) in [6.45, 7) is 22.0. The van der Waals surface area contributed by atoms with Crippen LogP contribution in [0.15, 0.2) is 49.6 Å². The third-order valence-corrected chi connectivity index (χ3v) is 12.7. The number of allylic oxidation sites excluding steroid dienone is 1.